The minimum Gasteiger partial charge on any atom is -0.378 e. The fraction of sp³-hybridized carbons (Fsp3) is 0.312. The molecule has 2 N–H and O–H groups in total. The number of hydrogen-bond donors (Lipinski definition) is 2. The molecule has 0 amide bonds. The van der Waals surface area contributed by atoms with E-state index in [0.29, 0.717) is 6.54 Å². The number of hydrogen-bond acceptors (Lipinski definition) is 6. The second-order valence-corrected chi connectivity index (χ2v) is 5.42. The molecule has 0 unspecified atom stereocenters. The molecule has 23 heavy (non-hydrogen) atoms. The third-order valence-electron chi connectivity index (χ3n) is 3.88. The molecule has 0 radical (unpaired) electrons. The number of fused-ring (bicyclic) bond motifs is 1. The van der Waals surface area contributed by atoms with Gasteiger partial charge in [-0.15, -0.1) is 0 Å². The van der Waals surface area contributed by atoms with E-state index in [1.807, 2.05) is 18.2 Å². The molecule has 1 fully saturated rings. The topological polar surface area (TPSA) is 79.0 Å². The minimum absolute atomic E-state index is 0.701. The molecular weight excluding hydrogens is 292 g/mol. The molecule has 0 atom stereocenters. The average molecular weight is 310 g/mol. The summed E-state index contributed by atoms with van der Waals surface area (Å²) in [5, 5.41) is 3.34. The van der Waals surface area contributed by atoms with Gasteiger partial charge < -0.3 is 19.9 Å². The van der Waals surface area contributed by atoms with Crippen molar-refractivity contribution in [3.63, 3.8) is 0 Å². The molecule has 0 saturated carbocycles. The van der Waals surface area contributed by atoms with E-state index in [2.05, 4.69) is 42.3 Å². The van der Waals surface area contributed by atoms with Gasteiger partial charge >= 0.3 is 0 Å². The number of rotatable bonds is 4. The Morgan fingerprint density at radius 2 is 1.96 bits per heavy atom. The van der Waals surface area contributed by atoms with Crippen molar-refractivity contribution < 1.29 is 4.74 Å². The molecule has 4 rings (SSSR count). The Hall–Kier alpha value is -2.67. The number of benzene rings is 1. The lowest BCUT2D eigenvalue weighted by Crippen LogP contribution is -2.36. The molecule has 2 aromatic heterocycles. The lowest BCUT2D eigenvalue weighted by molar-refractivity contribution is 0.122. The standard InChI is InChI=1S/C16H18N6O/c1-2-4-12(5-3-1)10-17-14-13-15(19-11-18-14)21-16(20-13)22-6-8-23-9-7-22/h1-5,11H,6-10H2,(H2,17,18,19,20,21). The SMILES string of the molecule is c1ccc(CNc2ncnc3[nH]c(N4CCOCC4)nc23)cc1. The number of nitrogens with one attached hydrogen (secondary N) is 2. The van der Waals surface area contributed by atoms with Gasteiger partial charge in [0.2, 0.25) is 5.95 Å². The first-order chi connectivity index (χ1) is 11.4. The van der Waals surface area contributed by atoms with E-state index in [9.17, 15) is 0 Å². The number of imidazole rings is 1. The number of H-pyrrole nitrogens is 1. The molecule has 3 aromatic rings. The van der Waals surface area contributed by atoms with Crippen molar-refractivity contribution in [1.29, 1.82) is 0 Å². The highest BCUT2D eigenvalue weighted by molar-refractivity contribution is 5.84. The summed E-state index contributed by atoms with van der Waals surface area (Å²) in [5.41, 5.74) is 2.71. The third kappa shape index (κ3) is 2.95. The highest BCUT2D eigenvalue weighted by Crippen LogP contribution is 2.21. The average Bonchev–Trinajstić information content (AvgIpc) is 3.06. The molecule has 0 aliphatic carbocycles. The number of aromatic amines is 1. The van der Waals surface area contributed by atoms with Gasteiger partial charge in [-0.1, -0.05) is 30.3 Å². The van der Waals surface area contributed by atoms with Gasteiger partial charge in [-0.2, -0.15) is 0 Å². The maximum atomic E-state index is 5.38. The van der Waals surface area contributed by atoms with Gasteiger partial charge in [0, 0.05) is 19.6 Å². The summed E-state index contributed by atoms with van der Waals surface area (Å²) >= 11 is 0. The Kier molecular flexibility index (Phi) is 3.77. The molecule has 7 heteroatoms. The number of ether oxygens (including phenoxy) is 1. The normalized spacial score (nSPS) is 15.0. The number of aromatic nitrogens is 4. The Morgan fingerprint density at radius 3 is 2.78 bits per heavy atom. The second-order valence-electron chi connectivity index (χ2n) is 5.42. The smallest absolute Gasteiger partial charge is 0.205 e. The van der Waals surface area contributed by atoms with E-state index in [4.69, 9.17) is 4.74 Å². The van der Waals surface area contributed by atoms with Crippen LogP contribution in [0.4, 0.5) is 11.8 Å². The van der Waals surface area contributed by atoms with E-state index in [-0.39, 0.29) is 0 Å². The van der Waals surface area contributed by atoms with Crippen LogP contribution in [0.15, 0.2) is 36.7 Å². The first kappa shape index (κ1) is 14.0. The molecule has 3 heterocycles. The van der Waals surface area contributed by atoms with E-state index >= 15 is 0 Å². The molecule has 1 aliphatic rings. The van der Waals surface area contributed by atoms with Gasteiger partial charge in [-0.25, -0.2) is 15.0 Å². The first-order valence-electron chi connectivity index (χ1n) is 7.71. The fourth-order valence-corrected chi connectivity index (χ4v) is 2.65. The van der Waals surface area contributed by atoms with Gasteiger partial charge in [0.05, 0.1) is 13.2 Å². The summed E-state index contributed by atoms with van der Waals surface area (Å²) < 4.78 is 5.38. The van der Waals surface area contributed by atoms with Crippen LogP contribution in [-0.4, -0.2) is 46.2 Å². The lowest BCUT2D eigenvalue weighted by atomic mass is 10.2. The fourth-order valence-electron chi connectivity index (χ4n) is 2.65. The van der Waals surface area contributed by atoms with Crippen molar-refractivity contribution in [2.45, 2.75) is 6.54 Å². The quantitative estimate of drug-likeness (QED) is 0.765. The maximum absolute atomic E-state index is 5.38. The van der Waals surface area contributed by atoms with Gasteiger partial charge in [0.15, 0.2) is 17.0 Å². The molecule has 0 bridgehead atoms. The van der Waals surface area contributed by atoms with Gasteiger partial charge in [0.1, 0.15) is 6.33 Å². The van der Waals surface area contributed by atoms with E-state index in [0.717, 1.165) is 49.2 Å². The summed E-state index contributed by atoms with van der Waals surface area (Å²) in [6.45, 7) is 3.82. The molecule has 118 valence electrons. The summed E-state index contributed by atoms with van der Waals surface area (Å²) in [4.78, 5) is 18.7. The van der Waals surface area contributed by atoms with Crippen LogP contribution in [0.3, 0.4) is 0 Å². The van der Waals surface area contributed by atoms with Crippen LogP contribution in [0.5, 0.6) is 0 Å². The molecule has 7 nitrogen and oxygen atoms in total. The van der Waals surface area contributed by atoms with Crippen molar-refractivity contribution in [1.82, 2.24) is 19.9 Å². The van der Waals surface area contributed by atoms with Crippen LogP contribution in [0.25, 0.3) is 11.2 Å². The maximum Gasteiger partial charge on any atom is 0.205 e. The zero-order valence-electron chi connectivity index (χ0n) is 12.7. The van der Waals surface area contributed by atoms with Crippen molar-refractivity contribution in [2.24, 2.45) is 0 Å². The minimum atomic E-state index is 0.701. The Bertz CT molecular complexity index is 782. The summed E-state index contributed by atoms with van der Waals surface area (Å²) in [5.74, 6) is 1.57. The molecular formula is C16H18N6O. The molecule has 0 spiro atoms. The van der Waals surface area contributed by atoms with Crippen molar-refractivity contribution in [2.75, 3.05) is 36.5 Å². The predicted molar refractivity (Wildman–Crippen MR) is 88.5 cm³/mol. The van der Waals surface area contributed by atoms with Crippen LogP contribution in [0.2, 0.25) is 0 Å². The second kappa shape index (κ2) is 6.21. The van der Waals surface area contributed by atoms with Crippen molar-refractivity contribution >= 4 is 22.9 Å². The lowest BCUT2D eigenvalue weighted by Gasteiger charge is -2.25. The number of nitrogens with zero attached hydrogens (tertiary/aromatic N) is 4. The van der Waals surface area contributed by atoms with E-state index in [1.54, 1.807) is 6.33 Å². The van der Waals surface area contributed by atoms with Gasteiger partial charge in [-0.3, -0.25) is 0 Å². The van der Waals surface area contributed by atoms with Crippen molar-refractivity contribution in [3.8, 4) is 0 Å². The molecule has 1 saturated heterocycles. The van der Waals surface area contributed by atoms with Crippen molar-refractivity contribution in [3.05, 3.63) is 42.2 Å². The van der Waals surface area contributed by atoms with Crippen LogP contribution < -0.4 is 10.2 Å². The number of morpholine rings is 1. The Balaban J connectivity index is 1.58. The Morgan fingerprint density at radius 1 is 1.13 bits per heavy atom. The van der Waals surface area contributed by atoms with Gasteiger partial charge in [0.25, 0.3) is 0 Å². The molecule has 1 aliphatic heterocycles. The van der Waals surface area contributed by atoms with E-state index < -0.39 is 0 Å². The van der Waals surface area contributed by atoms with E-state index in [1.165, 1.54) is 5.56 Å². The third-order valence-corrected chi connectivity index (χ3v) is 3.88. The summed E-state index contributed by atoms with van der Waals surface area (Å²) in [6.07, 6.45) is 1.55. The largest absolute Gasteiger partial charge is 0.378 e. The predicted octanol–water partition coefficient (Wildman–Crippen LogP) is 1.80. The van der Waals surface area contributed by atoms with Crippen LogP contribution in [0, 0.1) is 0 Å². The zero-order valence-corrected chi connectivity index (χ0v) is 12.7. The summed E-state index contributed by atoms with van der Waals surface area (Å²) in [6, 6.07) is 10.2. The highest BCUT2D eigenvalue weighted by atomic mass is 16.5. The van der Waals surface area contributed by atoms with Crippen LogP contribution >= 0.6 is 0 Å². The van der Waals surface area contributed by atoms with Gasteiger partial charge in [-0.05, 0) is 5.56 Å². The van der Waals surface area contributed by atoms with Crippen LogP contribution in [0.1, 0.15) is 5.56 Å². The first-order valence-corrected chi connectivity index (χ1v) is 7.71. The monoisotopic (exact) mass is 310 g/mol. The molecule has 1 aromatic carbocycles. The Labute approximate surface area is 133 Å². The van der Waals surface area contributed by atoms with Crippen LogP contribution in [-0.2, 0) is 11.3 Å². The summed E-state index contributed by atoms with van der Waals surface area (Å²) in [7, 11) is 0. The zero-order chi connectivity index (χ0) is 15.5. The number of anilines is 2. The highest BCUT2D eigenvalue weighted by Gasteiger charge is 2.17.